The van der Waals surface area contributed by atoms with Gasteiger partial charge >= 0.3 is 18.4 Å². The van der Waals surface area contributed by atoms with Crippen LogP contribution in [0.15, 0.2) is 40.9 Å². The molecule has 2 atom stereocenters. The lowest BCUT2D eigenvalue weighted by Gasteiger charge is -2.43. The van der Waals surface area contributed by atoms with E-state index in [4.69, 9.17) is 14.0 Å². The Bertz CT molecular complexity index is 1360. The normalized spacial score (nSPS) is 17.3. The van der Waals surface area contributed by atoms with Crippen molar-refractivity contribution >= 4 is 17.7 Å². The lowest BCUT2D eigenvalue weighted by atomic mass is 9.88. The molecular formula is C27H28F6N4O4. The summed E-state index contributed by atoms with van der Waals surface area (Å²) in [5.74, 6) is 0.536. The van der Waals surface area contributed by atoms with Crippen LogP contribution in [0, 0.1) is 6.92 Å². The molecular weight excluding hydrogens is 558 g/mol. The molecule has 3 aromatic rings. The number of hydrogen-bond donors (Lipinski definition) is 0. The predicted molar refractivity (Wildman–Crippen MR) is 136 cm³/mol. The van der Waals surface area contributed by atoms with Crippen molar-refractivity contribution in [1.29, 1.82) is 0 Å². The summed E-state index contributed by atoms with van der Waals surface area (Å²) in [6.07, 6.45) is -9.90. The Kier molecular flexibility index (Phi) is 8.41. The van der Waals surface area contributed by atoms with Crippen LogP contribution in [0.2, 0.25) is 0 Å². The number of rotatable bonds is 7. The van der Waals surface area contributed by atoms with Gasteiger partial charge in [0.1, 0.15) is 5.75 Å². The van der Waals surface area contributed by atoms with Gasteiger partial charge < -0.3 is 18.9 Å². The number of nitrogens with zero attached hydrogens (tertiary/aromatic N) is 4. The summed E-state index contributed by atoms with van der Waals surface area (Å²) in [7, 11) is 1.44. The predicted octanol–water partition coefficient (Wildman–Crippen LogP) is 7.32. The number of carbonyl (C=O) groups is 1. The first-order valence-corrected chi connectivity index (χ1v) is 12.8. The molecule has 1 amide bonds. The first-order chi connectivity index (χ1) is 19.3. The van der Waals surface area contributed by atoms with E-state index in [9.17, 15) is 31.1 Å². The van der Waals surface area contributed by atoms with Crippen LogP contribution in [0.3, 0.4) is 0 Å². The molecule has 1 aliphatic rings. The highest BCUT2D eigenvalue weighted by atomic mass is 19.4. The number of halogens is 6. The summed E-state index contributed by atoms with van der Waals surface area (Å²) >= 11 is 0. The first-order valence-electron chi connectivity index (χ1n) is 12.8. The maximum atomic E-state index is 13.6. The average molecular weight is 587 g/mol. The zero-order chi connectivity index (χ0) is 30.1. The molecule has 0 unspecified atom stereocenters. The lowest BCUT2D eigenvalue weighted by molar-refractivity contribution is -0.143. The van der Waals surface area contributed by atoms with Gasteiger partial charge in [-0.05, 0) is 66.9 Å². The maximum Gasteiger partial charge on any atom is 0.416 e. The third-order valence-corrected chi connectivity index (χ3v) is 6.80. The molecule has 0 fully saturated rings. The summed E-state index contributed by atoms with van der Waals surface area (Å²) in [5.41, 5.74) is -2.15. The second kappa shape index (κ2) is 11.5. The highest BCUT2D eigenvalue weighted by molar-refractivity contribution is 5.90. The van der Waals surface area contributed by atoms with Crippen LogP contribution in [0.4, 0.5) is 42.8 Å². The van der Waals surface area contributed by atoms with Crippen molar-refractivity contribution in [1.82, 2.24) is 10.1 Å². The maximum absolute atomic E-state index is 13.6. The van der Waals surface area contributed by atoms with Gasteiger partial charge in [-0.15, -0.1) is 0 Å². The summed E-state index contributed by atoms with van der Waals surface area (Å²) in [5, 5.41) is 3.94. The SMILES string of the molecule is CCOC(=O)N1c2ccc(OC)cc2[C@@H](N(Cc2cc(C(F)(F)F)cc(C(F)(F)F)c2)c2noc(C)n2)C[C@H]1CC. The van der Waals surface area contributed by atoms with Crippen molar-refractivity contribution in [2.24, 2.45) is 0 Å². The molecule has 0 saturated heterocycles. The minimum absolute atomic E-state index is 0.0355. The number of methoxy groups -OCH3 is 1. The smallest absolute Gasteiger partial charge is 0.416 e. The van der Waals surface area contributed by atoms with Crippen LogP contribution in [0.25, 0.3) is 0 Å². The van der Waals surface area contributed by atoms with Gasteiger partial charge in [0.05, 0.1) is 36.6 Å². The number of alkyl halides is 6. The number of carbonyl (C=O) groups excluding carboxylic acids is 1. The van der Waals surface area contributed by atoms with Crippen molar-refractivity contribution in [3.05, 3.63) is 64.5 Å². The Hall–Kier alpha value is -3.97. The number of ether oxygens (including phenoxy) is 2. The van der Waals surface area contributed by atoms with Gasteiger partial charge in [-0.3, -0.25) is 4.90 Å². The summed E-state index contributed by atoms with van der Waals surface area (Å²) in [6.45, 7) is 4.74. The summed E-state index contributed by atoms with van der Waals surface area (Å²) in [6, 6.07) is 5.26. The van der Waals surface area contributed by atoms with Gasteiger partial charge in [-0.2, -0.15) is 31.3 Å². The van der Waals surface area contributed by atoms with Crippen LogP contribution >= 0.6 is 0 Å². The fraction of sp³-hybridized carbons (Fsp3) is 0.444. The Balaban J connectivity index is 1.89. The second-order valence-corrected chi connectivity index (χ2v) is 9.46. The fourth-order valence-electron chi connectivity index (χ4n) is 4.95. The molecule has 222 valence electrons. The monoisotopic (exact) mass is 586 g/mol. The third kappa shape index (κ3) is 6.35. The number of benzene rings is 2. The van der Waals surface area contributed by atoms with Crippen molar-refractivity contribution < 1.29 is 45.1 Å². The van der Waals surface area contributed by atoms with Crippen LogP contribution in [0.5, 0.6) is 5.75 Å². The second-order valence-electron chi connectivity index (χ2n) is 9.46. The lowest BCUT2D eigenvalue weighted by Crippen LogP contribution is -2.48. The van der Waals surface area contributed by atoms with Crippen molar-refractivity contribution in [2.45, 2.75) is 64.6 Å². The average Bonchev–Trinajstić information content (AvgIpc) is 3.35. The topological polar surface area (TPSA) is 80.9 Å². The summed E-state index contributed by atoms with van der Waals surface area (Å²) in [4.78, 5) is 20.2. The van der Waals surface area contributed by atoms with E-state index in [2.05, 4.69) is 10.1 Å². The molecule has 14 heteroatoms. The number of fused-ring (bicyclic) bond motifs is 1. The van der Waals surface area contributed by atoms with E-state index >= 15 is 0 Å². The van der Waals surface area contributed by atoms with Gasteiger partial charge in [-0.1, -0.05) is 6.92 Å². The Morgan fingerprint density at radius 2 is 1.73 bits per heavy atom. The molecule has 0 bridgehead atoms. The van der Waals surface area contributed by atoms with Crippen LogP contribution in [0.1, 0.15) is 60.9 Å². The molecule has 0 N–H and O–H groups in total. The van der Waals surface area contributed by atoms with E-state index in [-0.39, 0.29) is 36.5 Å². The molecule has 4 rings (SSSR count). The van der Waals surface area contributed by atoms with E-state index in [1.165, 1.54) is 23.8 Å². The highest BCUT2D eigenvalue weighted by Crippen LogP contribution is 2.45. The van der Waals surface area contributed by atoms with Crippen LogP contribution < -0.4 is 14.5 Å². The number of amides is 1. The van der Waals surface area contributed by atoms with Crippen molar-refractivity contribution in [3.8, 4) is 5.75 Å². The number of hydrogen-bond acceptors (Lipinski definition) is 7. The van der Waals surface area contributed by atoms with E-state index in [0.717, 1.165) is 0 Å². The van der Waals surface area contributed by atoms with E-state index < -0.39 is 48.2 Å². The molecule has 0 radical (unpaired) electrons. The minimum Gasteiger partial charge on any atom is -0.497 e. The van der Waals surface area contributed by atoms with Gasteiger partial charge in [-0.25, -0.2) is 4.79 Å². The largest absolute Gasteiger partial charge is 0.497 e. The molecule has 41 heavy (non-hydrogen) atoms. The van der Waals surface area contributed by atoms with Gasteiger partial charge in [0, 0.05) is 25.1 Å². The fourth-order valence-corrected chi connectivity index (χ4v) is 4.95. The van der Waals surface area contributed by atoms with Crippen molar-refractivity contribution in [3.63, 3.8) is 0 Å². The zero-order valence-corrected chi connectivity index (χ0v) is 22.6. The number of aromatic nitrogens is 2. The van der Waals surface area contributed by atoms with E-state index in [0.29, 0.717) is 35.6 Å². The third-order valence-electron chi connectivity index (χ3n) is 6.80. The first kappa shape index (κ1) is 30.0. The van der Waals surface area contributed by atoms with Gasteiger partial charge in [0.2, 0.25) is 5.89 Å². The molecule has 1 aliphatic heterocycles. The van der Waals surface area contributed by atoms with Gasteiger partial charge in [0.25, 0.3) is 5.95 Å². The van der Waals surface area contributed by atoms with Crippen LogP contribution in [-0.2, 0) is 23.6 Å². The quantitative estimate of drug-likeness (QED) is 0.269. The molecule has 2 aromatic carbocycles. The van der Waals surface area contributed by atoms with E-state index in [1.807, 2.05) is 6.92 Å². The molecule has 0 spiro atoms. The molecule has 0 saturated carbocycles. The summed E-state index contributed by atoms with van der Waals surface area (Å²) < 4.78 is 97.6. The number of aryl methyl sites for hydroxylation is 1. The highest BCUT2D eigenvalue weighted by Gasteiger charge is 2.41. The van der Waals surface area contributed by atoms with E-state index in [1.54, 1.807) is 25.1 Å². The zero-order valence-electron chi connectivity index (χ0n) is 22.6. The Morgan fingerprint density at radius 3 is 2.24 bits per heavy atom. The standard InChI is InChI=1S/C27H28F6N4O4/c1-5-19-12-23(21-13-20(39-4)7-8-22(21)37(19)25(38)40-6-2)36(24-34-15(3)41-35-24)14-16-9-17(26(28,29)30)11-18(10-16)27(31,32)33/h7-11,13,19,23H,5-6,12,14H2,1-4H3/t19-,23+/m1/s1. The molecule has 1 aromatic heterocycles. The molecule has 8 nitrogen and oxygen atoms in total. The Morgan fingerprint density at radius 1 is 1.07 bits per heavy atom. The van der Waals surface area contributed by atoms with Crippen LogP contribution in [-0.4, -0.2) is 36.0 Å². The Labute approximate surface area is 231 Å². The minimum atomic E-state index is -5.01. The van der Waals surface area contributed by atoms with Gasteiger partial charge in [0.15, 0.2) is 0 Å². The van der Waals surface area contributed by atoms with Crippen molar-refractivity contribution in [2.75, 3.05) is 23.5 Å². The number of anilines is 2. The molecule has 0 aliphatic carbocycles. The molecule has 2 heterocycles.